The molecule has 0 saturated heterocycles. The van der Waals surface area contributed by atoms with Gasteiger partial charge in [0.05, 0.1) is 12.9 Å². The molecule has 2 rings (SSSR count). The molecule has 1 aromatic heterocycles. The molecule has 0 aromatic carbocycles. The second kappa shape index (κ2) is 5.21. The number of aryl methyl sites for hydroxylation is 1. The van der Waals surface area contributed by atoms with E-state index in [1.807, 2.05) is 18.0 Å². The Kier molecular flexibility index (Phi) is 3.66. The molecular formula is C10H16N4S. The highest BCUT2D eigenvalue weighted by Crippen LogP contribution is 2.11. The third-order valence-electron chi connectivity index (χ3n) is 2.26. The van der Waals surface area contributed by atoms with Crippen molar-refractivity contribution in [3.05, 3.63) is 18.2 Å². The lowest BCUT2D eigenvalue weighted by Crippen LogP contribution is -2.25. The second-order valence-corrected chi connectivity index (χ2v) is 4.80. The second-order valence-electron chi connectivity index (χ2n) is 3.72. The summed E-state index contributed by atoms with van der Waals surface area (Å²) in [6.45, 7) is 3.07. The first-order valence-electron chi connectivity index (χ1n) is 5.25. The van der Waals surface area contributed by atoms with Gasteiger partial charge in [-0.2, -0.15) is 0 Å². The lowest BCUT2D eigenvalue weighted by Gasteiger charge is -2.04. The highest BCUT2D eigenvalue weighted by atomic mass is 32.2. The number of aliphatic imine (C=N–C) groups is 1. The van der Waals surface area contributed by atoms with Gasteiger partial charge < -0.3 is 10.3 Å². The maximum absolute atomic E-state index is 4.40. The average molecular weight is 224 g/mol. The van der Waals surface area contributed by atoms with E-state index in [1.165, 1.54) is 5.69 Å². The summed E-state index contributed by atoms with van der Waals surface area (Å²) in [4.78, 5) is 11.5. The van der Waals surface area contributed by atoms with Crippen LogP contribution in [-0.4, -0.2) is 33.5 Å². The fourth-order valence-corrected chi connectivity index (χ4v) is 2.39. The molecular weight excluding hydrogens is 208 g/mol. The van der Waals surface area contributed by atoms with Crippen LogP contribution in [0.25, 0.3) is 0 Å². The standard InChI is InChI=1S/C10H16N4S/c1-8-5-12-10(14-8)15-4-2-3-9-6-11-7-13-9/h6-8H,2-5H2,1H3,(H,11,13)(H,12,14). The van der Waals surface area contributed by atoms with E-state index >= 15 is 0 Å². The van der Waals surface area contributed by atoms with E-state index in [4.69, 9.17) is 0 Å². The molecule has 0 saturated carbocycles. The van der Waals surface area contributed by atoms with Crippen molar-refractivity contribution < 1.29 is 0 Å². The Morgan fingerprint density at radius 1 is 1.60 bits per heavy atom. The van der Waals surface area contributed by atoms with Crippen LogP contribution < -0.4 is 5.32 Å². The average Bonchev–Trinajstić information content (AvgIpc) is 2.84. The molecule has 1 aliphatic rings. The zero-order valence-corrected chi connectivity index (χ0v) is 9.68. The SMILES string of the molecule is CC1CN=C(SCCCc2cnc[nH]2)N1. The molecule has 82 valence electrons. The summed E-state index contributed by atoms with van der Waals surface area (Å²) < 4.78 is 0. The van der Waals surface area contributed by atoms with Gasteiger partial charge in [0.2, 0.25) is 0 Å². The van der Waals surface area contributed by atoms with Crippen LogP contribution in [-0.2, 0) is 6.42 Å². The van der Waals surface area contributed by atoms with Crippen molar-refractivity contribution in [1.82, 2.24) is 15.3 Å². The Morgan fingerprint density at radius 3 is 3.20 bits per heavy atom. The molecule has 0 fully saturated rings. The molecule has 2 heterocycles. The quantitative estimate of drug-likeness (QED) is 0.761. The van der Waals surface area contributed by atoms with Crippen LogP contribution in [0.5, 0.6) is 0 Å². The van der Waals surface area contributed by atoms with Crippen LogP contribution >= 0.6 is 11.8 Å². The van der Waals surface area contributed by atoms with E-state index in [2.05, 4.69) is 27.2 Å². The highest BCUT2D eigenvalue weighted by Gasteiger charge is 2.11. The number of hydrogen-bond donors (Lipinski definition) is 2. The third-order valence-corrected chi connectivity index (χ3v) is 3.28. The summed E-state index contributed by atoms with van der Waals surface area (Å²) >= 11 is 1.81. The Hall–Kier alpha value is -0.970. The van der Waals surface area contributed by atoms with Gasteiger partial charge in [-0.15, -0.1) is 0 Å². The molecule has 15 heavy (non-hydrogen) atoms. The molecule has 0 spiro atoms. The number of rotatable bonds is 4. The Labute approximate surface area is 94.0 Å². The van der Waals surface area contributed by atoms with Crippen LogP contribution in [0, 0.1) is 0 Å². The number of thioether (sulfide) groups is 1. The van der Waals surface area contributed by atoms with Crippen molar-refractivity contribution in [2.24, 2.45) is 4.99 Å². The summed E-state index contributed by atoms with van der Waals surface area (Å²) in [5, 5.41) is 4.44. The zero-order chi connectivity index (χ0) is 10.5. The molecule has 5 heteroatoms. The lowest BCUT2D eigenvalue weighted by atomic mass is 10.3. The summed E-state index contributed by atoms with van der Waals surface area (Å²) in [7, 11) is 0. The number of nitrogens with one attached hydrogen (secondary N) is 2. The fourth-order valence-electron chi connectivity index (χ4n) is 1.46. The monoisotopic (exact) mass is 224 g/mol. The minimum absolute atomic E-state index is 0.514. The summed E-state index contributed by atoms with van der Waals surface area (Å²) in [6.07, 6.45) is 5.84. The Balaban J connectivity index is 1.60. The lowest BCUT2D eigenvalue weighted by molar-refractivity contribution is 0.728. The molecule has 0 aliphatic carbocycles. The molecule has 0 radical (unpaired) electrons. The van der Waals surface area contributed by atoms with Crippen molar-refractivity contribution in [1.29, 1.82) is 0 Å². The number of nitrogens with zero attached hydrogens (tertiary/aromatic N) is 2. The van der Waals surface area contributed by atoms with Gasteiger partial charge in [0, 0.05) is 23.7 Å². The molecule has 0 amide bonds. The van der Waals surface area contributed by atoms with Gasteiger partial charge in [-0.3, -0.25) is 4.99 Å². The Bertz CT molecular complexity index is 320. The predicted molar refractivity (Wildman–Crippen MR) is 64.3 cm³/mol. The van der Waals surface area contributed by atoms with Gasteiger partial charge in [-0.05, 0) is 19.8 Å². The smallest absolute Gasteiger partial charge is 0.156 e. The van der Waals surface area contributed by atoms with Gasteiger partial charge in [0.25, 0.3) is 0 Å². The maximum Gasteiger partial charge on any atom is 0.156 e. The molecule has 0 bridgehead atoms. The minimum atomic E-state index is 0.514. The van der Waals surface area contributed by atoms with Crippen molar-refractivity contribution in [3.8, 4) is 0 Å². The molecule has 1 aromatic rings. The normalized spacial score (nSPS) is 20.1. The summed E-state index contributed by atoms with van der Waals surface area (Å²) in [6, 6.07) is 0.514. The van der Waals surface area contributed by atoms with Gasteiger partial charge in [-0.25, -0.2) is 4.98 Å². The van der Waals surface area contributed by atoms with Gasteiger partial charge >= 0.3 is 0 Å². The van der Waals surface area contributed by atoms with Crippen molar-refractivity contribution >= 4 is 16.9 Å². The van der Waals surface area contributed by atoms with E-state index in [-0.39, 0.29) is 0 Å². The molecule has 4 nitrogen and oxygen atoms in total. The molecule has 1 atom stereocenters. The molecule has 1 aliphatic heterocycles. The van der Waals surface area contributed by atoms with Crippen molar-refractivity contribution in [2.45, 2.75) is 25.8 Å². The fraction of sp³-hybridized carbons (Fsp3) is 0.600. The number of amidine groups is 1. The summed E-state index contributed by atoms with van der Waals surface area (Å²) in [5.74, 6) is 1.11. The van der Waals surface area contributed by atoms with Crippen LogP contribution in [0.2, 0.25) is 0 Å². The van der Waals surface area contributed by atoms with Crippen LogP contribution in [0.1, 0.15) is 19.0 Å². The van der Waals surface area contributed by atoms with E-state index in [0.717, 1.165) is 30.3 Å². The van der Waals surface area contributed by atoms with Gasteiger partial charge in [0.15, 0.2) is 5.17 Å². The molecule has 1 unspecified atom stereocenters. The largest absolute Gasteiger partial charge is 0.361 e. The number of hydrogen-bond acceptors (Lipinski definition) is 4. The topological polar surface area (TPSA) is 53.1 Å². The van der Waals surface area contributed by atoms with E-state index in [9.17, 15) is 0 Å². The van der Waals surface area contributed by atoms with Crippen molar-refractivity contribution in [2.75, 3.05) is 12.3 Å². The number of aromatic nitrogens is 2. The third kappa shape index (κ3) is 3.27. The van der Waals surface area contributed by atoms with Crippen molar-refractivity contribution in [3.63, 3.8) is 0 Å². The number of imidazole rings is 1. The summed E-state index contributed by atoms with van der Waals surface area (Å²) in [5.41, 5.74) is 1.21. The van der Waals surface area contributed by atoms with Crippen LogP contribution in [0.3, 0.4) is 0 Å². The predicted octanol–water partition coefficient (Wildman–Crippen LogP) is 1.42. The number of H-pyrrole nitrogens is 1. The van der Waals surface area contributed by atoms with E-state index in [0.29, 0.717) is 6.04 Å². The first kappa shape index (κ1) is 10.5. The van der Waals surface area contributed by atoms with Crippen LogP contribution in [0.15, 0.2) is 17.5 Å². The maximum atomic E-state index is 4.40. The van der Waals surface area contributed by atoms with Gasteiger partial charge in [-0.1, -0.05) is 11.8 Å². The van der Waals surface area contributed by atoms with Crippen LogP contribution in [0.4, 0.5) is 0 Å². The van der Waals surface area contributed by atoms with E-state index < -0.39 is 0 Å². The first-order chi connectivity index (χ1) is 7.34. The zero-order valence-electron chi connectivity index (χ0n) is 8.86. The highest BCUT2D eigenvalue weighted by molar-refractivity contribution is 8.13. The van der Waals surface area contributed by atoms with E-state index in [1.54, 1.807) is 6.33 Å². The minimum Gasteiger partial charge on any atom is -0.361 e. The number of aromatic amines is 1. The van der Waals surface area contributed by atoms with Gasteiger partial charge in [0.1, 0.15) is 0 Å². The Morgan fingerprint density at radius 2 is 2.53 bits per heavy atom. The first-order valence-corrected chi connectivity index (χ1v) is 6.24. The molecule has 2 N–H and O–H groups in total.